The van der Waals surface area contributed by atoms with E-state index in [0.29, 0.717) is 47.0 Å². The van der Waals surface area contributed by atoms with Gasteiger partial charge in [0.2, 0.25) is 0 Å². The van der Waals surface area contributed by atoms with Crippen molar-refractivity contribution in [1.29, 1.82) is 0 Å². The van der Waals surface area contributed by atoms with E-state index >= 15 is 0 Å². The third kappa shape index (κ3) is 4.77. The Morgan fingerprint density at radius 1 is 0.697 bits per heavy atom. The Hall–Kier alpha value is -4.38. The Kier molecular flexibility index (Phi) is 5.85. The van der Waals surface area contributed by atoms with Crippen LogP contribution in [0.1, 0.15) is 11.1 Å². The molecule has 0 amide bonds. The van der Waals surface area contributed by atoms with Crippen molar-refractivity contribution in [2.75, 3.05) is 0 Å². The van der Waals surface area contributed by atoms with E-state index in [4.69, 9.17) is 14.5 Å². The number of nitrogens with one attached hydrogen (secondary N) is 1. The van der Waals surface area contributed by atoms with E-state index in [2.05, 4.69) is 4.98 Å². The SMILES string of the molecule is O=c1[nH]c(-c2cc(OCc3ccccc3)ccc2OCc2ccccc2)nc2ccccc12. The first-order chi connectivity index (χ1) is 16.3. The van der Waals surface area contributed by atoms with Gasteiger partial charge in [-0.15, -0.1) is 0 Å². The van der Waals surface area contributed by atoms with Gasteiger partial charge in [-0.2, -0.15) is 0 Å². The number of benzene rings is 4. The van der Waals surface area contributed by atoms with Crippen LogP contribution in [0.3, 0.4) is 0 Å². The Balaban J connectivity index is 1.51. The summed E-state index contributed by atoms with van der Waals surface area (Å²) in [5, 5.41) is 0.546. The molecule has 0 spiro atoms. The summed E-state index contributed by atoms with van der Waals surface area (Å²) in [6.45, 7) is 0.835. The predicted octanol–water partition coefficient (Wildman–Crippen LogP) is 5.75. The van der Waals surface area contributed by atoms with Gasteiger partial charge < -0.3 is 14.5 Å². The van der Waals surface area contributed by atoms with Gasteiger partial charge in [-0.3, -0.25) is 4.79 Å². The molecule has 162 valence electrons. The molecule has 0 unspecified atom stereocenters. The Bertz CT molecular complexity index is 1430. The van der Waals surface area contributed by atoms with Crippen LogP contribution in [0, 0.1) is 0 Å². The fraction of sp³-hybridized carbons (Fsp3) is 0.0714. The van der Waals surface area contributed by atoms with E-state index in [-0.39, 0.29) is 5.56 Å². The van der Waals surface area contributed by atoms with Crippen LogP contribution in [0.15, 0.2) is 108 Å². The highest BCUT2D eigenvalue weighted by Gasteiger charge is 2.13. The van der Waals surface area contributed by atoms with Gasteiger partial charge in [0.05, 0.1) is 16.5 Å². The summed E-state index contributed by atoms with van der Waals surface area (Å²) in [7, 11) is 0. The zero-order chi connectivity index (χ0) is 22.5. The Labute approximate surface area is 191 Å². The molecule has 33 heavy (non-hydrogen) atoms. The maximum Gasteiger partial charge on any atom is 0.259 e. The highest BCUT2D eigenvalue weighted by Crippen LogP contribution is 2.32. The van der Waals surface area contributed by atoms with Crippen molar-refractivity contribution in [2.45, 2.75) is 13.2 Å². The number of fused-ring (bicyclic) bond motifs is 1. The third-order valence-electron chi connectivity index (χ3n) is 5.30. The van der Waals surface area contributed by atoms with Crippen LogP contribution < -0.4 is 15.0 Å². The quantitative estimate of drug-likeness (QED) is 0.354. The number of para-hydroxylation sites is 1. The maximum absolute atomic E-state index is 12.7. The molecule has 0 radical (unpaired) electrons. The molecule has 5 aromatic rings. The molecule has 0 saturated carbocycles. The normalized spacial score (nSPS) is 10.8. The van der Waals surface area contributed by atoms with Gasteiger partial charge >= 0.3 is 0 Å². The zero-order valence-electron chi connectivity index (χ0n) is 17.9. The molecule has 1 N–H and O–H groups in total. The first-order valence-electron chi connectivity index (χ1n) is 10.7. The molecule has 4 aromatic carbocycles. The predicted molar refractivity (Wildman–Crippen MR) is 129 cm³/mol. The second kappa shape index (κ2) is 9.40. The molecule has 1 aromatic heterocycles. The topological polar surface area (TPSA) is 64.2 Å². The van der Waals surface area contributed by atoms with Crippen LogP contribution in [-0.4, -0.2) is 9.97 Å². The molecule has 5 rings (SSSR count). The summed E-state index contributed by atoms with van der Waals surface area (Å²) in [5.74, 6) is 1.72. The van der Waals surface area contributed by atoms with Gasteiger partial charge in [0.25, 0.3) is 5.56 Å². The van der Waals surface area contributed by atoms with Crippen LogP contribution in [0.4, 0.5) is 0 Å². The van der Waals surface area contributed by atoms with Crippen LogP contribution in [0.2, 0.25) is 0 Å². The Morgan fingerprint density at radius 3 is 2.06 bits per heavy atom. The monoisotopic (exact) mass is 434 g/mol. The van der Waals surface area contributed by atoms with Gasteiger partial charge in [0.15, 0.2) is 0 Å². The van der Waals surface area contributed by atoms with E-state index in [0.717, 1.165) is 11.1 Å². The van der Waals surface area contributed by atoms with Crippen LogP contribution in [-0.2, 0) is 13.2 Å². The highest BCUT2D eigenvalue weighted by molar-refractivity contribution is 5.80. The molecular formula is C28H22N2O3. The zero-order valence-corrected chi connectivity index (χ0v) is 17.9. The summed E-state index contributed by atoms with van der Waals surface area (Å²) in [5.41, 5.74) is 3.22. The molecule has 5 heteroatoms. The summed E-state index contributed by atoms with van der Waals surface area (Å²) < 4.78 is 12.1. The van der Waals surface area contributed by atoms with Gasteiger partial charge in [-0.25, -0.2) is 4.98 Å². The van der Waals surface area contributed by atoms with Crippen molar-refractivity contribution >= 4 is 10.9 Å². The third-order valence-corrected chi connectivity index (χ3v) is 5.30. The lowest BCUT2D eigenvalue weighted by Gasteiger charge is -2.14. The lowest BCUT2D eigenvalue weighted by atomic mass is 10.1. The number of ether oxygens (including phenoxy) is 2. The molecule has 0 aliphatic heterocycles. The molecule has 1 heterocycles. The molecule has 0 aliphatic rings. The average Bonchev–Trinajstić information content (AvgIpc) is 2.87. The van der Waals surface area contributed by atoms with Crippen molar-refractivity contribution in [3.63, 3.8) is 0 Å². The molecule has 0 fully saturated rings. The van der Waals surface area contributed by atoms with Gasteiger partial charge in [-0.05, 0) is 41.5 Å². The van der Waals surface area contributed by atoms with Crippen LogP contribution in [0.5, 0.6) is 11.5 Å². The van der Waals surface area contributed by atoms with Crippen molar-refractivity contribution in [2.24, 2.45) is 0 Å². The standard InChI is InChI=1S/C28H22N2O3/c31-28-23-13-7-8-14-25(23)29-27(30-28)24-17-22(32-18-20-9-3-1-4-10-20)15-16-26(24)33-19-21-11-5-2-6-12-21/h1-17H,18-19H2,(H,29,30,31). The Morgan fingerprint density at radius 2 is 1.33 bits per heavy atom. The van der Waals surface area contributed by atoms with Crippen molar-refractivity contribution < 1.29 is 9.47 Å². The molecule has 0 atom stereocenters. The summed E-state index contributed by atoms with van der Waals surface area (Å²) >= 11 is 0. The molecule has 0 saturated heterocycles. The largest absolute Gasteiger partial charge is 0.489 e. The van der Waals surface area contributed by atoms with Crippen LogP contribution in [0.25, 0.3) is 22.3 Å². The van der Waals surface area contributed by atoms with Gasteiger partial charge in [0, 0.05) is 0 Å². The fourth-order valence-corrected chi connectivity index (χ4v) is 3.60. The van der Waals surface area contributed by atoms with E-state index in [1.165, 1.54) is 0 Å². The summed E-state index contributed by atoms with van der Waals surface area (Å²) in [6.07, 6.45) is 0. The smallest absolute Gasteiger partial charge is 0.259 e. The fourth-order valence-electron chi connectivity index (χ4n) is 3.60. The minimum Gasteiger partial charge on any atom is -0.489 e. The number of aromatic amines is 1. The number of nitrogens with zero attached hydrogens (tertiary/aromatic N) is 1. The molecule has 5 nitrogen and oxygen atoms in total. The van der Waals surface area contributed by atoms with Crippen molar-refractivity contribution in [1.82, 2.24) is 9.97 Å². The summed E-state index contributed by atoms with van der Waals surface area (Å²) in [6, 6.07) is 32.8. The lowest BCUT2D eigenvalue weighted by molar-refractivity contribution is 0.298. The van der Waals surface area contributed by atoms with Crippen LogP contribution >= 0.6 is 0 Å². The lowest BCUT2D eigenvalue weighted by Crippen LogP contribution is -2.10. The average molecular weight is 434 g/mol. The van der Waals surface area contributed by atoms with Gasteiger partial charge in [-0.1, -0.05) is 72.8 Å². The first-order valence-corrected chi connectivity index (χ1v) is 10.7. The minimum atomic E-state index is -0.194. The van der Waals surface area contributed by atoms with Crippen molar-refractivity contribution in [3.8, 4) is 22.9 Å². The highest BCUT2D eigenvalue weighted by atomic mass is 16.5. The minimum absolute atomic E-state index is 0.194. The molecular weight excluding hydrogens is 412 g/mol. The first kappa shape index (κ1) is 20.5. The second-order valence-corrected chi connectivity index (χ2v) is 7.64. The van der Waals surface area contributed by atoms with E-state index in [1.54, 1.807) is 6.07 Å². The summed E-state index contributed by atoms with van der Waals surface area (Å²) in [4.78, 5) is 20.3. The number of H-pyrrole nitrogens is 1. The number of hydrogen-bond acceptors (Lipinski definition) is 4. The van der Waals surface area contributed by atoms with Crippen molar-refractivity contribution in [3.05, 3.63) is 125 Å². The van der Waals surface area contributed by atoms with E-state index in [9.17, 15) is 4.79 Å². The molecule has 0 aliphatic carbocycles. The number of rotatable bonds is 7. The second-order valence-electron chi connectivity index (χ2n) is 7.64. The van der Waals surface area contributed by atoms with Gasteiger partial charge in [0.1, 0.15) is 30.5 Å². The maximum atomic E-state index is 12.7. The van der Waals surface area contributed by atoms with E-state index < -0.39 is 0 Å². The number of hydrogen-bond donors (Lipinski definition) is 1. The number of aromatic nitrogens is 2. The van der Waals surface area contributed by atoms with E-state index in [1.807, 2.05) is 97.1 Å². The molecule has 0 bridgehead atoms.